The van der Waals surface area contributed by atoms with Crippen molar-refractivity contribution in [2.45, 2.75) is 11.4 Å². The minimum absolute atomic E-state index is 0.452. The van der Waals surface area contributed by atoms with Gasteiger partial charge < -0.3 is 0 Å². The summed E-state index contributed by atoms with van der Waals surface area (Å²) in [6.45, 7) is 2.23. The van der Waals surface area contributed by atoms with Gasteiger partial charge in [-0.2, -0.15) is 0 Å². The summed E-state index contributed by atoms with van der Waals surface area (Å²) in [5.74, 6) is 0. The molecule has 26 valence electrons. The second-order valence-electron chi connectivity index (χ2n) is 0.398. The van der Waals surface area contributed by atoms with Gasteiger partial charge in [0.25, 0.3) is 0 Å². The van der Waals surface area contributed by atoms with Crippen LogP contribution in [0.1, 0.15) is 6.92 Å². The Hall–Kier alpha value is 1.52. The van der Waals surface area contributed by atoms with E-state index in [4.69, 9.17) is 0 Å². The zero-order chi connectivity index (χ0) is 3.41. The molecular formula is C2H5ITe. The summed E-state index contributed by atoms with van der Waals surface area (Å²) in [5.41, 5.74) is 0. The molecule has 4 heavy (non-hydrogen) atoms. The number of rotatable bonds is 1. The van der Waals surface area contributed by atoms with E-state index in [0.717, 1.165) is 0 Å². The molecule has 0 nitrogen and oxygen atoms in total. The zero-order valence-corrected chi connectivity index (χ0v) is 6.98. The molecule has 0 aromatic heterocycles. The Morgan fingerprint density at radius 1 is 2.00 bits per heavy atom. The maximum atomic E-state index is 2.48. The van der Waals surface area contributed by atoms with Crippen LogP contribution in [0.5, 0.6) is 0 Å². The van der Waals surface area contributed by atoms with E-state index in [1.54, 1.807) is 0 Å². The van der Waals surface area contributed by atoms with Crippen LogP contribution in [0.2, 0.25) is 4.47 Å². The summed E-state index contributed by atoms with van der Waals surface area (Å²) < 4.78 is 1.44. The SMILES string of the molecule is CC[Te]I. The molecule has 2 heteroatoms. The van der Waals surface area contributed by atoms with Gasteiger partial charge in [-0.05, 0) is 0 Å². The molecule has 0 heterocycles. The Kier molecular flexibility index (Phi) is 6.24. The number of halogens is 1. The molecule has 0 rings (SSSR count). The van der Waals surface area contributed by atoms with Gasteiger partial charge >= 0.3 is 47.1 Å². The van der Waals surface area contributed by atoms with Crippen molar-refractivity contribution in [3.05, 3.63) is 0 Å². The number of hydrogen-bond acceptors (Lipinski definition) is 0. The van der Waals surface area contributed by atoms with E-state index in [1.807, 2.05) is 0 Å². The average molecular weight is 284 g/mol. The van der Waals surface area contributed by atoms with Crippen LogP contribution in [0.4, 0.5) is 0 Å². The monoisotopic (exact) mass is 286 g/mol. The average Bonchev–Trinajstić information content (AvgIpc) is 1.37. The van der Waals surface area contributed by atoms with Crippen LogP contribution in [0, 0.1) is 0 Å². The Balaban J connectivity index is 1.97. The first-order valence-corrected chi connectivity index (χ1v) is 9.59. The van der Waals surface area contributed by atoms with Crippen LogP contribution in [0.25, 0.3) is 0 Å². The summed E-state index contributed by atoms with van der Waals surface area (Å²) in [5, 5.41) is 0. The number of hydrogen-bond donors (Lipinski definition) is 0. The van der Waals surface area contributed by atoms with Crippen molar-refractivity contribution in [2.75, 3.05) is 0 Å². The fraction of sp³-hybridized carbons (Fsp3) is 1.00. The van der Waals surface area contributed by atoms with Crippen molar-refractivity contribution in [1.29, 1.82) is 0 Å². The standard InChI is InChI=1S/C2H5ITe/c1-2-4-3/h2H2,1H3. The van der Waals surface area contributed by atoms with Gasteiger partial charge in [0.05, 0.1) is 0 Å². The molecule has 0 aliphatic rings. The van der Waals surface area contributed by atoms with Crippen LogP contribution in [-0.4, -0.2) is 17.0 Å². The zero-order valence-electron chi connectivity index (χ0n) is 2.49. The predicted molar refractivity (Wildman–Crippen MR) is 30.3 cm³/mol. The van der Waals surface area contributed by atoms with E-state index in [2.05, 4.69) is 25.6 Å². The summed E-state index contributed by atoms with van der Waals surface area (Å²) in [7, 11) is 0. The topological polar surface area (TPSA) is 0 Å². The van der Waals surface area contributed by atoms with Crippen molar-refractivity contribution in [2.24, 2.45) is 0 Å². The second-order valence-corrected chi connectivity index (χ2v) is 6.85. The van der Waals surface area contributed by atoms with Gasteiger partial charge in [0.1, 0.15) is 0 Å². The van der Waals surface area contributed by atoms with E-state index < -0.39 is 0 Å². The molecular weight excluding hydrogens is 279 g/mol. The molecule has 0 aliphatic heterocycles. The summed E-state index contributed by atoms with van der Waals surface area (Å²) >= 11 is 2.93. The Labute approximate surface area is 46.7 Å². The maximum absolute atomic E-state index is 2.48. The van der Waals surface area contributed by atoms with Crippen LogP contribution in [-0.2, 0) is 0 Å². The summed E-state index contributed by atoms with van der Waals surface area (Å²) in [6.07, 6.45) is 0. The van der Waals surface area contributed by atoms with Crippen LogP contribution < -0.4 is 0 Å². The summed E-state index contributed by atoms with van der Waals surface area (Å²) in [6, 6.07) is 0. The van der Waals surface area contributed by atoms with E-state index >= 15 is 0 Å². The molecule has 0 fully saturated rings. The van der Waals surface area contributed by atoms with Gasteiger partial charge in [0.15, 0.2) is 0 Å². The van der Waals surface area contributed by atoms with Gasteiger partial charge in [-0.25, -0.2) is 0 Å². The molecule has 0 saturated heterocycles. The van der Waals surface area contributed by atoms with Gasteiger partial charge in [-0.1, -0.05) is 0 Å². The molecule has 0 saturated carbocycles. The van der Waals surface area contributed by atoms with Crippen LogP contribution >= 0.6 is 18.7 Å². The van der Waals surface area contributed by atoms with Crippen LogP contribution in [0.15, 0.2) is 0 Å². The van der Waals surface area contributed by atoms with E-state index in [9.17, 15) is 0 Å². The van der Waals surface area contributed by atoms with Gasteiger partial charge in [-0.15, -0.1) is 0 Å². The normalized spacial score (nSPS) is 7.50. The van der Waals surface area contributed by atoms with E-state index in [-0.39, 0.29) is 0 Å². The van der Waals surface area contributed by atoms with Crippen molar-refractivity contribution in [1.82, 2.24) is 0 Å². The van der Waals surface area contributed by atoms with Gasteiger partial charge in [0.2, 0.25) is 0 Å². The molecule has 0 amide bonds. The van der Waals surface area contributed by atoms with E-state index in [0.29, 0.717) is 17.0 Å². The van der Waals surface area contributed by atoms with Crippen molar-refractivity contribution in [3.63, 3.8) is 0 Å². The Bertz CT molecular complexity index is 8.00. The molecule has 0 N–H and O–H groups in total. The van der Waals surface area contributed by atoms with Crippen molar-refractivity contribution in [3.8, 4) is 0 Å². The summed E-state index contributed by atoms with van der Waals surface area (Å²) in [4.78, 5) is 0. The first-order chi connectivity index (χ1) is 1.91. The van der Waals surface area contributed by atoms with Gasteiger partial charge in [-0.3, -0.25) is 0 Å². The first kappa shape index (κ1) is 5.52. The molecule has 0 aromatic rings. The van der Waals surface area contributed by atoms with Crippen LogP contribution in [0.3, 0.4) is 0 Å². The van der Waals surface area contributed by atoms with Crippen molar-refractivity contribution >= 4 is 35.7 Å². The molecule has 0 aliphatic carbocycles. The molecule has 0 aromatic carbocycles. The Morgan fingerprint density at radius 2 is 2.25 bits per heavy atom. The quantitative estimate of drug-likeness (QED) is 0.505. The third kappa shape index (κ3) is 3.52. The minimum atomic E-state index is 0.452. The molecule has 0 radical (unpaired) electrons. The molecule has 0 bridgehead atoms. The van der Waals surface area contributed by atoms with E-state index in [1.165, 1.54) is 4.47 Å². The fourth-order valence-electron chi connectivity index (χ4n) is 0. The third-order valence-electron chi connectivity index (χ3n) is 0.109. The third-order valence-corrected chi connectivity index (χ3v) is 4.91. The predicted octanol–water partition coefficient (Wildman–Crippen LogP) is 1.48. The molecule has 0 unspecified atom stereocenters. The van der Waals surface area contributed by atoms with Crippen molar-refractivity contribution < 1.29 is 0 Å². The molecule has 0 spiro atoms. The first-order valence-electron chi connectivity index (χ1n) is 1.15. The Morgan fingerprint density at radius 3 is 2.25 bits per heavy atom. The second kappa shape index (κ2) is 4.52. The molecule has 0 atom stereocenters. The fourth-order valence-corrected chi connectivity index (χ4v) is 0. The van der Waals surface area contributed by atoms with Gasteiger partial charge in [0, 0.05) is 0 Å².